The van der Waals surface area contributed by atoms with Gasteiger partial charge in [0.2, 0.25) is 11.9 Å². The van der Waals surface area contributed by atoms with Crippen LogP contribution < -0.4 is 10.6 Å². The van der Waals surface area contributed by atoms with E-state index in [1.807, 2.05) is 0 Å². The van der Waals surface area contributed by atoms with Crippen LogP contribution in [-0.2, 0) is 11.4 Å². The van der Waals surface area contributed by atoms with E-state index in [1.54, 1.807) is 12.3 Å². The molecule has 0 spiro atoms. The lowest BCUT2D eigenvalue weighted by Crippen LogP contribution is -2.52. The number of nitrogens with zero attached hydrogens (tertiary/aromatic N) is 2. The third-order valence-electron chi connectivity index (χ3n) is 3.76. The Balaban J connectivity index is 1.71. The minimum atomic E-state index is -0.0926. The Labute approximate surface area is 111 Å². The molecule has 19 heavy (non-hydrogen) atoms. The van der Waals surface area contributed by atoms with Crippen molar-refractivity contribution in [1.29, 1.82) is 0 Å². The molecule has 2 aliphatic rings. The van der Waals surface area contributed by atoms with E-state index in [2.05, 4.69) is 20.6 Å². The SMILES string of the molecule is O=C1CC[C@@H](Nc2nccc(CO)n2)[C@H](C2CC2)N1. The van der Waals surface area contributed by atoms with Crippen molar-refractivity contribution in [3.8, 4) is 0 Å². The van der Waals surface area contributed by atoms with Crippen LogP contribution in [0, 0.1) is 5.92 Å². The number of aliphatic hydroxyl groups is 1. The van der Waals surface area contributed by atoms with Gasteiger partial charge in [0.05, 0.1) is 24.4 Å². The summed E-state index contributed by atoms with van der Waals surface area (Å²) in [5.41, 5.74) is 0.598. The number of amides is 1. The Kier molecular flexibility index (Phi) is 3.33. The first-order valence-corrected chi connectivity index (χ1v) is 6.75. The van der Waals surface area contributed by atoms with Gasteiger partial charge in [-0.25, -0.2) is 9.97 Å². The van der Waals surface area contributed by atoms with Gasteiger partial charge in [-0.3, -0.25) is 4.79 Å². The summed E-state index contributed by atoms with van der Waals surface area (Å²) < 4.78 is 0. The average molecular weight is 262 g/mol. The zero-order chi connectivity index (χ0) is 13.2. The van der Waals surface area contributed by atoms with Crippen LogP contribution in [0.2, 0.25) is 0 Å². The number of nitrogens with one attached hydrogen (secondary N) is 2. The highest BCUT2D eigenvalue weighted by Crippen LogP contribution is 2.36. The van der Waals surface area contributed by atoms with Crippen molar-refractivity contribution < 1.29 is 9.90 Å². The molecule has 1 aliphatic carbocycles. The summed E-state index contributed by atoms with van der Waals surface area (Å²) in [4.78, 5) is 19.9. The normalized spacial score (nSPS) is 26.9. The topological polar surface area (TPSA) is 87.1 Å². The highest BCUT2D eigenvalue weighted by atomic mass is 16.3. The molecule has 6 heteroatoms. The molecule has 1 saturated heterocycles. The Morgan fingerprint density at radius 2 is 2.26 bits per heavy atom. The van der Waals surface area contributed by atoms with Gasteiger partial charge in [-0.2, -0.15) is 0 Å². The predicted molar refractivity (Wildman–Crippen MR) is 69.3 cm³/mol. The van der Waals surface area contributed by atoms with Gasteiger partial charge in [0.1, 0.15) is 0 Å². The Morgan fingerprint density at radius 3 is 3.00 bits per heavy atom. The largest absolute Gasteiger partial charge is 0.390 e. The lowest BCUT2D eigenvalue weighted by Gasteiger charge is -2.33. The minimum Gasteiger partial charge on any atom is -0.390 e. The summed E-state index contributed by atoms with van der Waals surface area (Å²) in [6, 6.07) is 2.05. The number of carbonyl (C=O) groups is 1. The second kappa shape index (κ2) is 5.13. The number of piperidine rings is 1. The van der Waals surface area contributed by atoms with E-state index >= 15 is 0 Å². The maximum Gasteiger partial charge on any atom is 0.223 e. The van der Waals surface area contributed by atoms with E-state index in [-0.39, 0.29) is 24.6 Å². The first kappa shape index (κ1) is 12.3. The number of carbonyl (C=O) groups excluding carboxylic acids is 1. The Hall–Kier alpha value is -1.69. The summed E-state index contributed by atoms with van der Waals surface area (Å²) in [5.74, 6) is 1.25. The summed E-state index contributed by atoms with van der Waals surface area (Å²) in [5, 5.41) is 15.4. The molecule has 0 aromatic carbocycles. The first-order chi connectivity index (χ1) is 9.26. The van der Waals surface area contributed by atoms with Crippen LogP contribution in [0.5, 0.6) is 0 Å². The minimum absolute atomic E-state index is 0.0926. The molecule has 2 heterocycles. The third-order valence-corrected chi connectivity index (χ3v) is 3.76. The maximum atomic E-state index is 11.5. The Morgan fingerprint density at radius 1 is 1.42 bits per heavy atom. The van der Waals surface area contributed by atoms with E-state index in [0.29, 0.717) is 24.0 Å². The fourth-order valence-corrected chi connectivity index (χ4v) is 2.61. The third kappa shape index (κ3) is 2.84. The van der Waals surface area contributed by atoms with Crippen molar-refractivity contribution >= 4 is 11.9 Å². The van der Waals surface area contributed by atoms with Gasteiger partial charge < -0.3 is 15.7 Å². The molecule has 2 fully saturated rings. The first-order valence-electron chi connectivity index (χ1n) is 6.75. The lowest BCUT2D eigenvalue weighted by atomic mass is 9.94. The van der Waals surface area contributed by atoms with Crippen LogP contribution in [0.4, 0.5) is 5.95 Å². The van der Waals surface area contributed by atoms with E-state index in [4.69, 9.17) is 5.11 Å². The van der Waals surface area contributed by atoms with Crippen LogP contribution in [0.25, 0.3) is 0 Å². The van der Waals surface area contributed by atoms with Gasteiger partial charge >= 0.3 is 0 Å². The van der Waals surface area contributed by atoms with Gasteiger partial charge in [-0.05, 0) is 31.2 Å². The number of aromatic nitrogens is 2. The fourth-order valence-electron chi connectivity index (χ4n) is 2.61. The van der Waals surface area contributed by atoms with E-state index < -0.39 is 0 Å². The molecule has 1 aromatic rings. The molecule has 6 nitrogen and oxygen atoms in total. The van der Waals surface area contributed by atoms with E-state index in [1.165, 1.54) is 12.8 Å². The molecule has 0 unspecified atom stereocenters. The molecule has 0 bridgehead atoms. The zero-order valence-electron chi connectivity index (χ0n) is 10.7. The molecular formula is C13H18N4O2. The molecule has 1 aromatic heterocycles. The molecule has 0 radical (unpaired) electrons. The summed E-state index contributed by atoms with van der Waals surface area (Å²) in [6.45, 7) is -0.0926. The molecule has 1 saturated carbocycles. The molecule has 3 rings (SSSR count). The van der Waals surface area contributed by atoms with Crippen LogP contribution in [0.15, 0.2) is 12.3 Å². The van der Waals surface area contributed by atoms with Gasteiger partial charge in [-0.15, -0.1) is 0 Å². The second-order valence-corrected chi connectivity index (χ2v) is 5.25. The Bertz CT molecular complexity index is 475. The fraction of sp³-hybridized carbons (Fsp3) is 0.615. The van der Waals surface area contributed by atoms with Crippen molar-refractivity contribution in [2.45, 2.75) is 44.4 Å². The number of anilines is 1. The van der Waals surface area contributed by atoms with Crippen LogP contribution in [0.1, 0.15) is 31.4 Å². The van der Waals surface area contributed by atoms with Gasteiger partial charge in [0.25, 0.3) is 0 Å². The molecule has 1 aliphatic heterocycles. The number of rotatable bonds is 4. The van der Waals surface area contributed by atoms with Crippen molar-refractivity contribution in [2.75, 3.05) is 5.32 Å². The maximum absolute atomic E-state index is 11.5. The van der Waals surface area contributed by atoms with Crippen LogP contribution in [0.3, 0.4) is 0 Å². The number of hydrogen-bond donors (Lipinski definition) is 3. The summed E-state index contributed by atoms with van der Waals surface area (Å²) >= 11 is 0. The van der Waals surface area contributed by atoms with E-state index in [9.17, 15) is 4.79 Å². The van der Waals surface area contributed by atoms with Gasteiger partial charge in [0, 0.05) is 12.6 Å². The zero-order valence-corrected chi connectivity index (χ0v) is 10.7. The molecular weight excluding hydrogens is 244 g/mol. The molecule has 1 amide bonds. The quantitative estimate of drug-likeness (QED) is 0.733. The summed E-state index contributed by atoms with van der Waals surface area (Å²) in [7, 11) is 0. The van der Waals surface area contributed by atoms with Crippen molar-refractivity contribution in [3.63, 3.8) is 0 Å². The molecule has 2 atom stereocenters. The smallest absolute Gasteiger partial charge is 0.223 e. The van der Waals surface area contributed by atoms with Crippen molar-refractivity contribution in [2.24, 2.45) is 5.92 Å². The van der Waals surface area contributed by atoms with Crippen LogP contribution >= 0.6 is 0 Å². The number of hydrogen-bond acceptors (Lipinski definition) is 5. The predicted octanol–water partition coefficient (Wildman–Crippen LogP) is 0.438. The summed E-state index contributed by atoms with van der Waals surface area (Å²) in [6.07, 6.45) is 5.34. The average Bonchev–Trinajstić information content (AvgIpc) is 3.25. The second-order valence-electron chi connectivity index (χ2n) is 5.25. The van der Waals surface area contributed by atoms with Crippen molar-refractivity contribution in [1.82, 2.24) is 15.3 Å². The highest BCUT2D eigenvalue weighted by molar-refractivity contribution is 5.77. The molecule has 102 valence electrons. The highest BCUT2D eigenvalue weighted by Gasteiger charge is 2.40. The monoisotopic (exact) mass is 262 g/mol. The van der Waals surface area contributed by atoms with Gasteiger partial charge in [-0.1, -0.05) is 0 Å². The van der Waals surface area contributed by atoms with Gasteiger partial charge in [0.15, 0.2) is 0 Å². The standard InChI is InChI=1S/C13H18N4O2/c18-7-9-5-6-14-13(15-9)16-10-3-4-11(19)17-12(10)8-1-2-8/h5-6,8,10,12,18H,1-4,7H2,(H,17,19)(H,14,15,16)/t10-,12+/m1/s1. The van der Waals surface area contributed by atoms with E-state index in [0.717, 1.165) is 6.42 Å². The van der Waals surface area contributed by atoms with Crippen molar-refractivity contribution in [3.05, 3.63) is 18.0 Å². The lowest BCUT2D eigenvalue weighted by molar-refractivity contribution is -0.123. The molecule has 3 N–H and O–H groups in total. The number of aliphatic hydroxyl groups excluding tert-OH is 1. The van der Waals surface area contributed by atoms with Crippen LogP contribution in [-0.4, -0.2) is 33.1 Å².